The Balaban J connectivity index is 1.60. The van der Waals surface area contributed by atoms with Crippen LogP contribution in [0.4, 0.5) is 4.79 Å². The Morgan fingerprint density at radius 3 is 2.61 bits per heavy atom. The maximum absolute atomic E-state index is 12.0. The second-order valence-electron chi connectivity index (χ2n) is 7.62. The summed E-state index contributed by atoms with van der Waals surface area (Å²) < 4.78 is 11.2. The highest BCUT2D eigenvalue weighted by Crippen LogP contribution is 2.32. The highest BCUT2D eigenvalue weighted by Gasteiger charge is 2.22. The summed E-state index contributed by atoms with van der Waals surface area (Å²) in [6.45, 7) is 0.392. The summed E-state index contributed by atoms with van der Waals surface area (Å²) in [5, 5.41) is 3.85. The summed E-state index contributed by atoms with van der Waals surface area (Å²) >= 11 is 0. The lowest BCUT2D eigenvalue weighted by molar-refractivity contribution is 0.142. The number of rotatable bonds is 8. The summed E-state index contributed by atoms with van der Waals surface area (Å²) in [7, 11) is 1.59. The molecule has 5 N–H and O–H groups in total. The van der Waals surface area contributed by atoms with Gasteiger partial charge >= 0.3 is 6.09 Å². The van der Waals surface area contributed by atoms with Crippen molar-refractivity contribution in [2.24, 2.45) is 17.5 Å². The zero-order valence-electron chi connectivity index (χ0n) is 16.5. The van der Waals surface area contributed by atoms with Crippen molar-refractivity contribution in [3.63, 3.8) is 0 Å². The molecule has 3 rings (SSSR count). The van der Waals surface area contributed by atoms with Crippen LogP contribution < -0.4 is 21.6 Å². The summed E-state index contributed by atoms with van der Waals surface area (Å²) in [5.74, 6) is 7.50. The van der Waals surface area contributed by atoms with E-state index in [0.29, 0.717) is 18.2 Å². The number of alkyl carbamates (subject to hydrolysis) is 1. The molecule has 0 aliphatic heterocycles. The second kappa shape index (κ2) is 9.64. The average Bonchev–Trinajstić information content (AvgIpc) is 3.51. The molecule has 0 atom stereocenters. The van der Waals surface area contributed by atoms with Crippen molar-refractivity contribution in [1.82, 2.24) is 15.3 Å². The van der Waals surface area contributed by atoms with E-state index in [0.717, 1.165) is 25.0 Å². The number of amides is 1. The van der Waals surface area contributed by atoms with E-state index in [4.69, 9.17) is 21.1 Å². The quantitative estimate of drug-likeness (QED) is 0.462. The number of nitrogens with one attached hydrogen (secondary N) is 1. The Hall–Kier alpha value is -2.48. The lowest BCUT2D eigenvalue weighted by atomic mass is 9.98. The van der Waals surface area contributed by atoms with Crippen molar-refractivity contribution in [3.05, 3.63) is 29.8 Å². The van der Waals surface area contributed by atoms with Gasteiger partial charge in [0.2, 0.25) is 0 Å². The first-order valence-corrected chi connectivity index (χ1v) is 10.1. The first kappa shape index (κ1) is 20.3. The Kier molecular flexibility index (Phi) is 6.97. The number of nitrogens with two attached hydrogens (primary N) is 2. The van der Waals surface area contributed by atoms with Gasteiger partial charge in [0.25, 0.3) is 0 Å². The predicted molar refractivity (Wildman–Crippen MR) is 107 cm³/mol. The highest BCUT2D eigenvalue weighted by atomic mass is 16.5. The third-order valence-electron chi connectivity index (χ3n) is 5.15. The first-order chi connectivity index (χ1) is 13.5. The minimum Gasteiger partial charge on any atom is -0.489 e. The fourth-order valence-corrected chi connectivity index (χ4v) is 3.31. The standard InChI is InChI=1S/C20H31N5O3/c1-25(22)19(24-20(26)27-12-11-14-7-8-14)18(21)17-10-9-16(13-23-17)28-15-5-3-2-4-6-15/h9-10,13-15H,2-8,11-12,21-22H2,1H3,(H,24,26)/b19-18-. The van der Waals surface area contributed by atoms with Gasteiger partial charge in [0, 0.05) is 7.05 Å². The summed E-state index contributed by atoms with van der Waals surface area (Å²) in [4.78, 5) is 16.4. The second-order valence-corrected chi connectivity index (χ2v) is 7.62. The molecule has 0 bridgehead atoms. The monoisotopic (exact) mass is 389 g/mol. The molecule has 2 fully saturated rings. The van der Waals surface area contributed by atoms with Gasteiger partial charge in [-0.1, -0.05) is 19.3 Å². The molecule has 8 nitrogen and oxygen atoms in total. The van der Waals surface area contributed by atoms with Gasteiger partial charge in [-0.15, -0.1) is 0 Å². The van der Waals surface area contributed by atoms with Crippen molar-refractivity contribution in [3.8, 4) is 5.75 Å². The largest absolute Gasteiger partial charge is 0.489 e. The molecule has 0 radical (unpaired) electrons. The molecule has 2 aliphatic carbocycles. The minimum absolute atomic E-state index is 0.241. The zero-order valence-corrected chi connectivity index (χ0v) is 16.5. The Morgan fingerprint density at radius 1 is 1.25 bits per heavy atom. The molecule has 154 valence electrons. The molecule has 1 aromatic rings. The smallest absolute Gasteiger partial charge is 0.412 e. The molecule has 1 amide bonds. The van der Waals surface area contributed by atoms with E-state index in [2.05, 4.69) is 10.3 Å². The lowest BCUT2D eigenvalue weighted by Gasteiger charge is -2.23. The molecular formula is C20H31N5O3. The maximum atomic E-state index is 12.0. The van der Waals surface area contributed by atoms with Crippen molar-refractivity contribution >= 4 is 11.8 Å². The summed E-state index contributed by atoms with van der Waals surface area (Å²) in [6, 6.07) is 3.60. The fraction of sp³-hybridized carbons (Fsp3) is 0.600. The molecule has 0 aromatic carbocycles. The topological polar surface area (TPSA) is 116 Å². The number of nitrogens with zero attached hydrogens (tertiary/aromatic N) is 2. The van der Waals surface area contributed by atoms with Gasteiger partial charge in [-0.2, -0.15) is 0 Å². The SMILES string of the molecule is CN(N)/C(NC(=O)OCCC1CC1)=C(\N)c1ccc(OC2CCCCC2)cn1. The Labute approximate surface area is 166 Å². The number of hydrogen-bond acceptors (Lipinski definition) is 7. The molecule has 0 spiro atoms. The molecular weight excluding hydrogens is 358 g/mol. The van der Waals surface area contributed by atoms with Gasteiger partial charge in [0.15, 0.2) is 5.82 Å². The Bertz CT molecular complexity index is 680. The van der Waals surface area contributed by atoms with Gasteiger partial charge < -0.3 is 15.2 Å². The van der Waals surface area contributed by atoms with Crippen LogP contribution in [0.25, 0.3) is 5.70 Å². The van der Waals surface area contributed by atoms with Crippen molar-refractivity contribution in [1.29, 1.82) is 0 Å². The fourth-order valence-electron chi connectivity index (χ4n) is 3.31. The van der Waals surface area contributed by atoms with Crippen LogP contribution in [0.2, 0.25) is 0 Å². The van der Waals surface area contributed by atoms with Crippen LogP contribution in [0, 0.1) is 5.92 Å². The molecule has 2 saturated carbocycles. The molecule has 1 heterocycles. The minimum atomic E-state index is -0.576. The van der Waals surface area contributed by atoms with E-state index in [1.807, 2.05) is 6.07 Å². The van der Waals surface area contributed by atoms with Crippen LogP contribution in [0.1, 0.15) is 57.1 Å². The molecule has 28 heavy (non-hydrogen) atoms. The molecule has 1 aromatic heterocycles. The third-order valence-corrected chi connectivity index (χ3v) is 5.15. The van der Waals surface area contributed by atoms with E-state index in [1.165, 1.54) is 37.1 Å². The maximum Gasteiger partial charge on any atom is 0.412 e. The van der Waals surface area contributed by atoms with Gasteiger partial charge in [-0.25, -0.2) is 10.6 Å². The number of aromatic nitrogens is 1. The van der Waals surface area contributed by atoms with Crippen LogP contribution in [0.3, 0.4) is 0 Å². The number of pyridine rings is 1. The van der Waals surface area contributed by atoms with Crippen molar-refractivity contribution in [2.75, 3.05) is 13.7 Å². The number of carbonyl (C=O) groups is 1. The van der Waals surface area contributed by atoms with E-state index in [9.17, 15) is 4.79 Å². The van der Waals surface area contributed by atoms with Gasteiger partial charge in [-0.3, -0.25) is 15.3 Å². The summed E-state index contributed by atoms with van der Waals surface area (Å²) in [5.41, 5.74) is 6.95. The van der Waals surface area contributed by atoms with Crippen LogP contribution >= 0.6 is 0 Å². The normalized spacial score (nSPS) is 18.2. The van der Waals surface area contributed by atoms with E-state index in [1.54, 1.807) is 19.3 Å². The van der Waals surface area contributed by atoms with Crippen molar-refractivity contribution in [2.45, 2.75) is 57.5 Å². The molecule has 0 saturated heterocycles. The summed E-state index contributed by atoms with van der Waals surface area (Å²) in [6.07, 6.45) is 10.5. The molecule has 8 heteroatoms. The number of hydrogen-bond donors (Lipinski definition) is 3. The number of hydrazine groups is 1. The lowest BCUT2D eigenvalue weighted by Crippen LogP contribution is -2.39. The molecule has 0 unspecified atom stereocenters. The highest BCUT2D eigenvalue weighted by molar-refractivity contribution is 5.74. The van der Waals surface area contributed by atoms with Crippen LogP contribution in [-0.2, 0) is 4.74 Å². The van der Waals surface area contributed by atoms with E-state index < -0.39 is 6.09 Å². The predicted octanol–water partition coefficient (Wildman–Crippen LogP) is 2.71. The van der Waals surface area contributed by atoms with Crippen LogP contribution in [0.5, 0.6) is 5.75 Å². The third kappa shape index (κ3) is 6.02. The van der Waals surface area contributed by atoms with Gasteiger partial charge in [0.05, 0.1) is 24.6 Å². The van der Waals surface area contributed by atoms with Crippen LogP contribution in [0.15, 0.2) is 24.2 Å². The first-order valence-electron chi connectivity index (χ1n) is 10.1. The zero-order chi connectivity index (χ0) is 19.9. The van der Waals surface area contributed by atoms with Crippen molar-refractivity contribution < 1.29 is 14.3 Å². The van der Waals surface area contributed by atoms with E-state index >= 15 is 0 Å². The number of carbonyl (C=O) groups excluding carboxylic acids is 1. The Morgan fingerprint density at radius 2 is 2.00 bits per heavy atom. The average molecular weight is 390 g/mol. The van der Waals surface area contributed by atoms with Crippen LogP contribution in [-0.4, -0.2) is 35.8 Å². The van der Waals surface area contributed by atoms with Gasteiger partial charge in [-0.05, 0) is 50.2 Å². The van der Waals surface area contributed by atoms with Gasteiger partial charge in [0.1, 0.15) is 11.4 Å². The van der Waals surface area contributed by atoms with E-state index in [-0.39, 0.29) is 17.6 Å². The number of ether oxygens (including phenoxy) is 2. The molecule has 2 aliphatic rings.